The zero-order valence-corrected chi connectivity index (χ0v) is 9.42. The number of carbonyl (C=O) groups is 1. The van der Waals surface area contributed by atoms with Gasteiger partial charge in [0.1, 0.15) is 11.5 Å². The number of fused-ring (bicyclic) bond motifs is 2. The summed E-state index contributed by atoms with van der Waals surface area (Å²) < 4.78 is 0. The smallest absolute Gasteiger partial charge is 0.154 e. The summed E-state index contributed by atoms with van der Waals surface area (Å²) in [6.07, 6.45) is 0.657. The van der Waals surface area contributed by atoms with E-state index < -0.39 is 0 Å². The maximum absolute atomic E-state index is 11.0. The van der Waals surface area contributed by atoms with E-state index in [9.17, 15) is 15.0 Å². The highest BCUT2D eigenvalue weighted by Gasteiger charge is 2.07. The van der Waals surface area contributed by atoms with Crippen LogP contribution in [0.2, 0.25) is 0 Å². The second-order valence-corrected chi connectivity index (χ2v) is 4.22. The number of benzene rings is 3. The van der Waals surface area contributed by atoms with E-state index in [1.165, 1.54) is 6.07 Å². The van der Waals surface area contributed by atoms with Crippen LogP contribution in [0.5, 0.6) is 11.5 Å². The van der Waals surface area contributed by atoms with Crippen molar-refractivity contribution in [1.29, 1.82) is 0 Å². The fraction of sp³-hybridized carbons (Fsp3) is 0. The summed E-state index contributed by atoms with van der Waals surface area (Å²) in [5, 5.41) is 22.5. The number of aldehydes is 1. The summed E-state index contributed by atoms with van der Waals surface area (Å²) in [5.74, 6) is 0.187. The summed E-state index contributed by atoms with van der Waals surface area (Å²) in [4.78, 5) is 11.0. The van der Waals surface area contributed by atoms with Gasteiger partial charge in [-0.15, -0.1) is 0 Å². The molecule has 0 bridgehead atoms. The first-order valence-corrected chi connectivity index (χ1v) is 5.53. The van der Waals surface area contributed by atoms with E-state index in [0.29, 0.717) is 17.2 Å². The van der Waals surface area contributed by atoms with Gasteiger partial charge in [0.25, 0.3) is 0 Å². The molecular weight excluding hydrogens is 228 g/mol. The Morgan fingerprint density at radius 1 is 0.833 bits per heavy atom. The van der Waals surface area contributed by atoms with Gasteiger partial charge in [-0.3, -0.25) is 4.79 Å². The van der Waals surface area contributed by atoms with Crippen LogP contribution in [0, 0.1) is 0 Å². The van der Waals surface area contributed by atoms with Gasteiger partial charge in [0.05, 0.1) is 5.56 Å². The molecule has 0 unspecified atom stereocenters. The number of hydrogen-bond donors (Lipinski definition) is 2. The van der Waals surface area contributed by atoms with Crippen LogP contribution in [0.25, 0.3) is 21.5 Å². The third-order valence-electron chi connectivity index (χ3n) is 3.10. The van der Waals surface area contributed by atoms with E-state index in [1.54, 1.807) is 24.3 Å². The van der Waals surface area contributed by atoms with E-state index in [0.717, 1.165) is 16.2 Å². The van der Waals surface area contributed by atoms with E-state index in [4.69, 9.17) is 0 Å². The maximum atomic E-state index is 11.0. The van der Waals surface area contributed by atoms with Gasteiger partial charge in [0.15, 0.2) is 6.29 Å². The molecule has 0 aliphatic carbocycles. The van der Waals surface area contributed by atoms with E-state index in [1.807, 2.05) is 12.1 Å². The van der Waals surface area contributed by atoms with Crippen LogP contribution < -0.4 is 0 Å². The first-order chi connectivity index (χ1) is 8.69. The third kappa shape index (κ3) is 1.49. The molecule has 3 aromatic rings. The molecule has 2 N–H and O–H groups in total. The van der Waals surface area contributed by atoms with Crippen molar-refractivity contribution >= 4 is 27.8 Å². The van der Waals surface area contributed by atoms with Gasteiger partial charge in [-0.2, -0.15) is 0 Å². The minimum Gasteiger partial charge on any atom is -0.508 e. The van der Waals surface area contributed by atoms with Gasteiger partial charge in [-0.25, -0.2) is 0 Å². The van der Waals surface area contributed by atoms with Crippen molar-refractivity contribution in [2.45, 2.75) is 0 Å². The normalized spacial score (nSPS) is 10.9. The standard InChI is InChI=1S/C15H10O3/c16-8-14-13-7-9-1-3-12(17)6-11(9)5-10(13)2-4-15(14)18/h1-8,17-18H. The average molecular weight is 238 g/mol. The number of rotatable bonds is 1. The fourth-order valence-corrected chi connectivity index (χ4v) is 2.19. The van der Waals surface area contributed by atoms with Gasteiger partial charge in [-0.05, 0) is 51.9 Å². The summed E-state index contributed by atoms with van der Waals surface area (Å²) >= 11 is 0. The molecule has 0 heterocycles. The molecule has 3 aromatic carbocycles. The topological polar surface area (TPSA) is 57.5 Å². The van der Waals surface area contributed by atoms with Crippen LogP contribution in [0.1, 0.15) is 10.4 Å². The predicted molar refractivity (Wildman–Crippen MR) is 70.2 cm³/mol. The molecule has 88 valence electrons. The Morgan fingerprint density at radius 3 is 2.39 bits per heavy atom. The van der Waals surface area contributed by atoms with Crippen LogP contribution in [0.4, 0.5) is 0 Å². The lowest BCUT2D eigenvalue weighted by Crippen LogP contribution is -1.85. The molecule has 0 atom stereocenters. The molecule has 0 fully saturated rings. The summed E-state index contributed by atoms with van der Waals surface area (Å²) in [6.45, 7) is 0. The molecule has 0 amide bonds. The number of phenolic OH excluding ortho intramolecular Hbond substituents is 2. The molecule has 0 aromatic heterocycles. The second-order valence-electron chi connectivity index (χ2n) is 4.22. The molecule has 3 nitrogen and oxygen atoms in total. The van der Waals surface area contributed by atoms with Gasteiger partial charge in [-0.1, -0.05) is 12.1 Å². The van der Waals surface area contributed by atoms with Crippen LogP contribution in [-0.2, 0) is 0 Å². The quantitative estimate of drug-likeness (QED) is 0.505. The summed E-state index contributed by atoms with van der Waals surface area (Å²) in [5.41, 5.74) is 0.294. The van der Waals surface area contributed by atoms with Gasteiger partial charge < -0.3 is 10.2 Å². The minimum absolute atomic E-state index is 0.0179. The monoisotopic (exact) mass is 238 g/mol. The first-order valence-electron chi connectivity index (χ1n) is 5.53. The fourth-order valence-electron chi connectivity index (χ4n) is 2.19. The highest BCUT2D eigenvalue weighted by Crippen LogP contribution is 2.30. The Balaban J connectivity index is 2.48. The SMILES string of the molecule is O=Cc1c(O)ccc2cc3cc(O)ccc3cc12. The van der Waals surface area contributed by atoms with Crippen LogP contribution >= 0.6 is 0 Å². The number of hydrogen-bond acceptors (Lipinski definition) is 3. The highest BCUT2D eigenvalue weighted by molar-refractivity contribution is 6.06. The van der Waals surface area contributed by atoms with Crippen LogP contribution in [0.15, 0.2) is 42.5 Å². The van der Waals surface area contributed by atoms with Crippen molar-refractivity contribution in [2.24, 2.45) is 0 Å². The van der Waals surface area contributed by atoms with Crippen LogP contribution in [0.3, 0.4) is 0 Å². The zero-order valence-electron chi connectivity index (χ0n) is 9.42. The summed E-state index contributed by atoms with van der Waals surface area (Å²) in [7, 11) is 0. The lowest BCUT2D eigenvalue weighted by molar-refractivity contribution is 0.112. The predicted octanol–water partition coefficient (Wildman–Crippen LogP) is 3.22. The lowest BCUT2D eigenvalue weighted by Gasteiger charge is -2.06. The molecule has 0 saturated heterocycles. The van der Waals surface area contributed by atoms with Crippen molar-refractivity contribution in [3.8, 4) is 11.5 Å². The van der Waals surface area contributed by atoms with Crippen molar-refractivity contribution in [3.05, 3.63) is 48.0 Å². The van der Waals surface area contributed by atoms with Gasteiger partial charge >= 0.3 is 0 Å². The number of phenols is 2. The van der Waals surface area contributed by atoms with Crippen molar-refractivity contribution in [1.82, 2.24) is 0 Å². The molecule has 0 saturated carbocycles. The van der Waals surface area contributed by atoms with E-state index >= 15 is 0 Å². The van der Waals surface area contributed by atoms with Gasteiger partial charge in [0, 0.05) is 0 Å². The number of aromatic hydroxyl groups is 2. The molecule has 0 aliphatic rings. The third-order valence-corrected chi connectivity index (χ3v) is 3.10. The molecule has 0 radical (unpaired) electrons. The maximum Gasteiger partial charge on any atom is 0.154 e. The number of carbonyl (C=O) groups excluding carboxylic acids is 1. The Kier molecular flexibility index (Phi) is 2.20. The minimum atomic E-state index is -0.0179. The highest BCUT2D eigenvalue weighted by atomic mass is 16.3. The first kappa shape index (κ1) is 10.6. The Bertz CT molecular complexity index is 775. The van der Waals surface area contributed by atoms with Crippen molar-refractivity contribution in [2.75, 3.05) is 0 Å². The Hall–Kier alpha value is -2.55. The average Bonchev–Trinajstić information content (AvgIpc) is 2.36. The van der Waals surface area contributed by atoms with E-state index in [-0.39, 0.29) is 11.5 Å². The Labute approximate surface area is 103 Å². The van der Waals surface area contributed by atoms with Crippen molar-refractivity contribution < 1.29 is 15.0 Å². The molecule has 18 heavy (non-hydrogen) atoms. The lowest BCUT2D eigenvalue weighted by atomic mass is 9.99. The molecule has 3 heteroatoms. The van der Waals surface area contributed by atoms with Gasteiger partial charge in [0.2, 0.25) is 0 Å². The molecular formula is C15H10O3. The Morgan fingerprint density at radius 2 is 1.61 bits per heavy atom. The van der Waals surface area contributed by atoms with E-state index in [2.05, 4.69) is 0 Å². The molecule has 0 aliphatic heterocycles. The second kappa shape index (κ2) is 3.74. The summed E-state index contributed by atoms with van der Waals surface area (Å²) in [6, 6.07) is 12.0. The van der Waals surface area contributed by atoms with Crippen LogP contribution in [-0.4, -0.2) is 16.5 Å². The molecule has 3 rings (SSSR count). The zero-order chi connectivity index (χ0) is 12.7. The van der Waals surface area contributed by atoms with Crippen molar-refractivity contribution in [3.63, 3.8) is 0 Å². The molecule has 0 spiro atoms. The largest absolute Gasteiger partial charge is 0.508 e.